The first-order chi connectivity index (χ1) is 10.0. The summed E-state index contributed by atoms with van der Waals surface area (Å²) in [5.41, 5.74) is 3.27. The Morgan fingerprint density at radius 3 is 2.29 bits per heavy atom. The fourth-order valence-electron chi connectivity index (χ4n) is 2.84. The van der Waals surface area contributed by atoms with Crippen LogP contribution in [-0.4, -0.2) is 15.0 Å². The van der Waals surface area contributed by atoms with Crippen LogP contribution in [0.4, 0.5) is 0 Å². The number of hydrogen-bond acceptors (Lipinski definition) is 0. The van der Waals surface area contributed by atoms with E-state index in [1.54, 1.807) is 8.93 Å². The maximum absolute atomic E-state index is 2.53. The third-order valence-corrected chi connectivity index (χ3v) is 6.09. The molecule has 0 fully saturated rings. The van der Waals surface area contributed by atoms with Crippen molar-refractivity contribution in [3.63, 3.8) is 0 Å². The van der Waals surface area contributed by atoms with Crippen molar-refractivity contribution >= 4 is 19.4 Å². The molecule has 0 aliphatic carbocycles. The normalized spacial score (nSPS) is 18.0. The van der Waals surface area contributed by atoms with E-state index in [-0.39, 0.29) is 0 Å². The number of rotatable bonds is 2. The van der Waals surface area contributed by atoms with Crippen LogP contribution in [0.25, 0.3) is 0 Å². The molecule has 2 aromatic carbocycles. The molecule has 0 aromatic heterocycles. The Kier molecular flexibility index (Phi) is 4.06. The van der Waals surface area contributed by atoms with Gasteiger partial charge in [-0.15, -0.1) is 0 Å². The second kappa shape index (κ2) is 5.83. The molecule has 0 saturated heterocycles. The standard InChI is InChI=1S/C20H22Se/c1-20(2,3)14-16-13-18(15-9-5-4-6-10-15)17-11-7-8-12-19(17)21-16/h4-13,18H,14H2,1-3H3. The van der Waals surface area contributed by atoms with Gasteiger partial charge in [0.25, 0.3) is 0 Å². The third kappa shape index (κ3) is 3.48. The van der Waals surface area contributed by atoms with Crippen LogP contribution in [0.1, 0.15) is 44.2 Å². The van der Waals surface area contributed by atoms with Gasteiger partial charge in [-0.1, -0.05) is 0 Å². The molecule has 1 heterocycles. The van der Waals surface area contributed by atoms with Crippen LogP contribution < -0.4 is 4.46 Å². The predicted molar refractivity (Wildman–Crippen MR) is 92.3 cm³/mol. The molecular formula is C20H22Se. The first-order valence-corrected chi connectivity index (χ1v) is 9.27. The zero-order chi connectivity index (χ0) is 14.9. The summed E-state index contributed by atoms with van der Waals surface area (Å²) < 4.78 is 3.20. The SMILES string of the molecule is CC(C)(C)CC1=CC(c2ccccc2)c2ccccc2[Se]1. The molecule has 1 aliphatic rings. The quantitative estimate of drug-likeness (QED) is 0.707. The van der Waals surface area contributed by atoms with E-state index in [1.165, 1.54) is 17.5 Å². The fraction of sp³-hybridized carbons (Fsp3) is 0.300. The Bertz CT molecular complexity index is 647. The van der Waals surface area contributed by atoms with E-state index in [2.05, 4.69) is 81.4 Å². The van der Waals surface area contributed by atoms with Crippen molar-refractivity contribution in [1.82, 2.24) is 0 Å². The minimum atomic E-state index is 0.362. The molecule has 2 aromatic rings. The summed E-state index contributed by atoms with van der Waals surface area (Å²) in [7, 11) is 0. The molecule has 1 aliphatic heterocycles. The van der Waals surface area contributed by atoms with Crippen molar-refractivity contribution < 1.29 is 0 Å². The Morgan fingerprint density at radius 1 is 0.905 bits per heavy atom. The zero-order valence-electron chi connectivity index (χ0n) is 13.0. The topological polar surface area (TPSA) is 0 Å². The van der Waals surface area contributed by atoms with Gasteiger partial charge in [0.1, 0.15) is 0 Å². The summed E-state index contributed by atoms with van der Waals surface area (Å²) in [5.74, 6) is 0.426. The van der Waals surface area contributed by atoms with Crippen LogP contribution in [0.15, 0.2) is 65.1 Å². The average molecular weight is 341 g/mol. The first kappa shape index (κ1) is 14.6. The van der Waals surface area contributed by atoms with Gasteiger partial charge >= 0.3 is 134 Å². The van der Waals surface area contributed by atoms with Crippen LogP contribution in [-0.2, 0) is 0 Å². The van der Waals surface area contributed by atoms with Crippen LogP contribution in [0.5, 0.6) is 0 Å². The van der Waals surface area contributed by atoms with Gasteiger partial charge in [-0.3, -0.25) is 0 Å². The van der Waals surface area contributed by atoms with E-state index in [4.69, 9.17) is 0 Å². The molecule has 0 N–H and O–H groups in total. The van der Waals surface area contributed by atoms with Crippen LogP contribution in [0, 0.1) is 5.41 Å². The summed E-state index contributed by atoms with van der Waals surface area (Å²) in [6.07, 6.45) is 3.73. The van der Waals surface area contributed by atoms with E-state index < -0.39 is 0 Å². The van der Waals surface area contributed by atoms with Gasteiger partial charge in [-0.2, -0.15) is 0 Å². The number of hydrogen-bond donors (Lipinski definition) is 0. The molecule has 0 bridgehead atoms. The summed E-state index contributed by atoms with van der Waals surface area (Å²) in [4.78, 5) is 0. The fourth-order valence-corrected chi connectivity index (χ4v) is 5.88. The van der Waals surface area contributed by atoms with Gasteiger partial charge in [0, 0.05) is 0 Å². The molecule has 0 saturated carbocycles. The van der Waals surface area contributed by atoms with Crippen molar-refractivity contribution in [2.75, 3.05) is 0 Å². The molecular weight excluding hydrogens is 319 g/mol. The van der Waals surface area contributed by atoms with Crippen molar-refractivity contribution in [2.45, 2.75) is 33.1 Å². The van der Waals surface area contributed by atoms with Crippen molar-refractivity contribution in [3.8, 4) is 0 Å². The summed E-state index contributed by atoms with van der Waals surface area (Å²) in [5, 5.41) is 0. The van der Waals surface area contributed by atoms with E-state index in [1.807, 2.05) is 0 Å². The van der Waals surface area contributed by atoms with Gasteiger partial charge in [0.15, 0.2) is 0 Å². The molecule has 0 spiro atoms. The Hall–Kier alpha value is -1.30. The van der Waals surface area contributed by atoms with Gasteiger partial charge in [0.05, 0.1) is 0 Å². The van der Waals surface area contributed by atoms with Gasteiger partial charge in [0.2, 0.25) is 0 Å². The minimum absolute atomic E-state index is 0.362. The maximum atomic E-state index is 2.53. The van der Waals surface area contributed by atoms with E-state index >= 15 is 0 Å². The molecule has 21 heavy (non-hydrogen) atoms. The second-order valence-electron chi connectivity index (χ2n) is 6.90. The van der Waals surface area contributed by atoms with Crippen LogP contribution in [0.3, 0.4) is 0 Å². The summed E-state index contributed by atoms with van der Waals surface area (Å²) >= 11 is 0.481. The molecule has 1 unspecified atom stereocenters. The number of benzene rings is 2. The van der Waals surface area contributed by atoms with Crippen molar-refractivity contribution in [2.24, 2.45) is 5.41 Å². The first-order valence-electron chi connectivity index (χ1n) is 7.55. The van der Waals surface area contributed by atoms with Gasteiger partial charge < -0.3 is 0 Å². The van der Waals surface area contributed by atoms with E-state index in [0.717, 1.165) is 0 Å². The predicted octanol–water partition coefficient (Wildman–Crippen LogP) is 4.48. The van der Waals surface area contributed by atoms with E-state index in [0.29, 0.717) is 26.3 Å². The summed E-state index contributed by atoms with van der Waals surface area (Å²) in [6.45, 7) is 7.01. The molecule has 0 nitrogen and oxygen atoms in total. The van der Waals surface area contributed by atoms with E-state index in [9.17, 15) is 0 Å². The Balaban J connectivity index is 2.03. The van der Waals surface area contributed by atoms with Crippen LogP contribution in [0.2, 0.25) is 0 Å². The van der Waals surface area contributed by atoms with Crippen LogP contribution >= 0.6 is 0 Å². The monoisotopic (exact) mass is 342 g/mol. The van der Waals surface area contributed by atoms with Crippen molar-refractivity contribution in [3.05, 3.63) is 76.3 Å². The number of allylic oxidation sites excluding steroid dienone is 2. The molecule has 0 radical (unpaired) electrons. The molecule has 0 amide bonds. The Labute approximate surface area is 134 Å². The van der Waals surface area contributed by atoms with Gasteiger partial charge in [-0.05, 0) is 0 Å². The molecule has 108 valence electrons. The zero-order valence-corrected chi connectivity index (χ0v) is 14.7. The third-order valence-electron chi connectivity index (χ3n) is 3.71. The second-order valence-corrected chi connectivity index (χ2v) is 9.35. The number of fused-ring (bicyclic) bond motifs is 1. The Morgan fingerprint density at radius 2 is 1.57 bits per heavy atom. The molecule has 1 heteroatoms. The van der Waals surface area contributed by atoms with Gasteiger partial charge in [-0.25, -0.2) is 0 Å². The average Bonchev–Trinajstić information content (AvgIpc) is 2.45. The molecule has 1 atom stereocenters. The molecule has 3 rings (SSSR count). The van der Waals surface area contributed by atoms with Crippen molar-refractivity contribution in [1.29, 1.82) is 0 Å². The summed E-state index contributed by atoms with van der Waals surface area (Å²) in [6, 6.07) is 19.9.